The average molecular weight is 277 g/mol. The zero-order valence-electron chi connectivity index (χ0n) is 12.3. The number of nitrogens with one attached hydrogen (secondary N) is 1. The standard InChI is InChI=1S/C15H23N3O2/c1-3-7-16-14-10-12(6-8-17-14)15(19)18-9-4-5-13(11-18)20-2/h6,8,10,13H,3-5,7,9,11H2,1-2H3,(H,16,17). The molecule has 2 heterocycles. The highest BCUT2D eigenvalue weighted by Gasteiger charge is 2.24. The quantitative estimate of drug-likeness (QED) is 0.896. The lowest BCUT2D eigenvalue weighted by atomic mass is 10.1. The zero-order valence-corrected chi connectivity index (χ0v) is 12.3. The Bertz CT molecular complexity index is 450. The highest BCUT2D eigenvalue weighted by Crippen LogP contribution is 2.16. The number of aromatic nitrogens is 1. The smallest absolute Gasteiger partial charge is 0.254 e. The molecule has 110 valence electrons. The first-order valence-corrected chi connectivity index (χ1v) is 7.26. The molecular formula is C15H23N3O2. The summed E-state index contributed by atoms with van der Waals surface area (Å²) in [6, 6.07) is 3.60. The average Bonchev–Trinajstić information content (AvgIpc) is 2.52. The van der Waals surface area contributed by atoms with Crippen LogP contribution in [0.3, 0.4) is 0 Å². The van der Waals surface area contributed by atoms with Crippen molar-refractivity contribution in [2.45, 2.75) is 32.3 Å². The number of hydrogen-bond acceptors (Lipinski definition) is 4. The van der Waals surface area contributed by atoms with Gasteiger partial charge in [-0.1, -0.05) is 6.92 Å². The lowest BCUT2D eigenvalue weighted by molar-refractivity contribution is 0.0269. The second-order valence-electron chi connectivity index (χ2n) is 5.11. The minimum Gasteiger partial charge on any atom is -0.380 e. The number of rotatable bonds is 5. The summed E-state index contributed by atoms with van der Waals surface area (Å²) in [5.74, 6) is 0.826. The van der Waals surface area contributed by atoms with Crippen molar-refractivity contribution < 1.29 is 9.53 Å². The fourth-order valence-corrected chi connectivity index (χ4v) is 2.41. The van der Waals surface area contributed by atoms with Crippen molar-refractivity contribution in [1.82, 2.24) is 9.88 Å². The molecule has 0 aliphatic carbocycles. The van der Waals surface area contributed by atoms with Crippen molar-refractivity contribution in [3.05, 3.63) is 23.9 Å². The van der Waals surface area contributed by atoms with Crippen molar-refractivity contribution in [2.24, 2.45) is 0 Å². The normalized spacial score (nSPS) is 18.9. The SMILES string of the molecule is CCCNc1cc(C(=O)N2CCCC(OC)C2)ccn1. The van der Waals surface area contributed by atoms with Crippen LogP contribution in [-0.2, 0) is 4.74 Å². The molecule has 1 aliphatic heterocycles. The van der Waals surface area contributed by atoms with E-state index in [0.717, 1.165) is 38.2 Å². The van der Waals surface area contributed by atoms with Gasteiger partial charge < -0.3 is 15.0 Å². The molecule has 1 aromatic rings. The van der Waals surface area contributed by atoms with Gasteiger partial charge in [0.1, 0.15) is 5.82 Å². The van der Waals surface area contributed by atoms with Gasteiger partial charge >= 0.3 is 0 Å². The van der Waals surface area contributed by atoms with Crippen LogP contribution in [0.5, 0.6) is 0 Å². The van der Waals surface area contributed by atoms with Crippen LogP contribution >= 0.6 is 0 Å². The van der Waals surface area contributed by atoms with Gasteiger partial charge in [0.25, 0.3) is 5.91 Å². The molecule has 2 rings (SSSR count). The molecule has 5 nitrogen and oxygen atoms in total. The molecule has 0 bridgehead atoms. The van der Waals surface area contributed by atoms with E-state index in [4.69, 9.17) is 4.74 Å². The van der Waals surface area contributed by atoms with Crippen LogP contribution in [0.1, 0.15) is 36.5 Å². The molecule has 1 fully saturated rings. The molecule has 1 unspecified atom stereocenters. The van der Waals surface area contributed by atoms with Crippen LogP contribution in [-0.4, -0.2) is 48.6 Å². The van der Waals surface area contributed by atoms with Crippen molar-refractivity contribution in [3.63, 3.8) is 0 Å². The van der Waals surface area contributed by atoms with Gasteiger partial charge in [-0.3, -0.25) is 4.79 Å². The molecule has 20 heavy (non-hydrogen) atoms. The number of hydrogen-bond donors (Lipinski definition) is 1. The Balaban J connectivity index is 2.04. The molecule has 0 radical (unpaired) electrons. The Morgan fingerprint density at radius 1 is 1.60 bits per heavy atom. The number of pyridine rings is 1. The first kappa shape index (κ1) is 14.8. The predicted octanol–water partition coefficient (Wildman–Crippen LogP) is 2.15. The Kier molecular flexibility index (Phi) is 5.35. The molecule has 1 aromatic heterocycles. The summed E-state index contributed by atoms with van der Waals surface area (Å²) in [5.41, 5.74) is 0.690. The Morgan fingerprint density at radius 3 is 3.20 bits per heavy atom. The fraction of sp³-hybridized carbons (Fsp3) is 0.600. The third kappa shape index (κ3) is 3.70. The molecule has 0 saturated carbocycles. The maximum absolute atomic E-state index is 12.5. The number of ether oxygens (including phenoxy) is 1. The summed E-state index contributed by atoms with van der Waals surface area (Å²) < 4.78 is 5.37. The highest BCUT2D eigenvalue weighted by atomic mass is 16.5. The van der Waals surface area contributed by atoms with E-state index in [2.05, 4.69) is 17.2 Å². The number of carbonyl (C=O) groups is 1. The van der Waals surface area contributed by atoms with Gasteiger partial charge in [-0.2, -0.15) is 0 Å². The lowest BCUT2D eigenvalue weighted by Gasteiger charge is -2.32. The highest BCUT2D eigenvalue weighted by molar-refractivity contribution is 5.94. The van der Waals surface area contributed by atoms with Crippen molar-refractivity contribution in [1.29, 1.82) is 0 Å². The Morgan fingerprint density at radius 2 is 2.45 bits per heavy atom. The molecule has 1 amide bonds. The first-order valence-electron chi connectivity index (χ1n) is 7.26. The van der Waals surface area contributed by atoms with E-state index >= 15 is 0 Å². The number of nitrogens with zero attached hydrogens (tertiary/aromatic N) is 2. The van der Waals surface area contributed by atoms with Gasteiger partial charge in [0.05, 0.1) is 6.10 Å². The van der Waals surface area contributed by atoms with Crippen molar-refractivity contribution in [3.8, 4) is 0 Å². The number of piperidine rings is 1. The minimum atomic E-state index is 0.0636. The number of likely N-dealkylation sites (tertiary alicyclic amines) is 1. The van der Waals surface area contributed by atoms with Crippen LogP contribution < -0.4 is 5.32 Å². The molecule has 0 spiro atoms. The van der Waals surface area contributed by atoms with Gasteiger partial charge in [-0.25, -0.2) is 4.98 Å². The van der Waals surface area contributed by atoms with Gasteiger partial charge in [-0.05, 0) is 31.4 Å². The molecule has 1 saturated heterocycles. The van der Waals surface area contributed by atoms with E-state index in [1.165, 1.54) is 0 Å². The van der Waals surface area contributed by atoms with Gasteiger partial charge in [0, 0.05) is 38.5 Å². The summed E-state index contributed by atoms with van der Waals surface area (Å²) >= 11 is 0. The Hall–Kier alpha value is -1.62. The zero-order chi connectivity index (χ0) is 14.4. The van der Waals surface area contributed by atoms with Crippen molar-refractivity contribution in [2.75, 3.05) is 32.1 Å². The summed E-state index contributed by atoms with van der Waals surface area (Å²) in [6.45, 7) is 4.44. The predicted molar refractivity (Wildman–Crippen MR) is 79.0 cm³/mol. The monoisotopic (exact) mass is 277 g/mol. The number of anilines is 1. The van der Waals surface area contributed by atoms with Crippen LogP contribution in [0.15, 0.2) is 18.3 Å². The summed E-state index contributed by atoms with van der Waals surface area (Å²) in [6.07, 6.45) is 4.90. The minimum absolute atomic E-state index is 0.0636. The third-order valence-electron chi connectivity index (χ3n) is 3.56. The molecule has 1 atom stereocenters. The van der Waals surface area contributed by atoms with Crippen LogP contribution in [0.25, 0.3) is 0 Å². The number of amides is 1. The van der Waals surface area contributed by atoms with E-state index in [1.807, 2.05) is 11.0 Å². The van der Waals surface area contributed by atoms with E-state index in [9.17, 15) is 4.79 Å². The van der Waals surface area contributed by atoms with Crippen LogP contribution in [0, 0.1) is 0 Å². The number of carbonyl (C=O) groups excluding carboxylic acids is 1. The maximum Gasteiger partial charge on any atom is 0.254 e. The van der Waals surface area contributed by atoms with E-state index < -0.39 is 0 Å². The lowest BCUT2D eigenvalue weighted by Crippen LogP contribution is -2.42. The van der Waals surface area contributed by atoms with Gasteiger partial charge in [-0.15, -0.1) is 0 Å². The summed E-state index contributed by atoms with van der Waals surface area (Å²) in [5, 5.41) is 3.21. The largest absolute Gasteiger partial charge is 0.380 e. The fourth-order valence-electron chi connectivity index (χ4n) is 2.41. The van der Waals surface area contributed by atoms with Crippen LogP contribution in [0.2, 0.25) is 0 Å². The van der Waals surface area contributed by atoms with E-state index in [-0.39, 0.29) is 12.0 Å². The second-order valence-corrected chi connectivity index (χ2v) is 5.11. The summed E-state index contributed by atoms with van der Waals surface area (Å²) in [4.78, 5) is 18.6. The maximum atomic E-state index is 12.5. The van der Waals surface area contributed by atoms with Gasteiger partial charge in [0.15, 0.2) is 0 Å². The topological polar surface area (TPSA) is 54.5 Å². The van der Waals surface area contributed by atoms with E-state index in [0.29, 0.717) is 12.1 Å². The van der Waals surface area contributed by atoms with Crippen molar-refractivity contribution >= 4 is 11.7 Å². The molecule has 1 aliphatic rings. The van der Waals surface area contributed by atoms with Crippen LogP contribution in [0.4, 0.5) is 5.82 Å². The summed E-state index contributed by atoms with van der Waals surface area (Å²) in [7, 11) is 1.71. The number of methoxy groups -OCH3 is 1. The second kappa shape index (κ2) is 7.24. The molecule has 0 aromatic carbocycles. The first-order chi connectivity index (χ1) is 9.74. The molecular weight excluding hydrogens is 254 g/mol. The Labute approximate surface area is 120 Å². The molecule has 5 heteroatoms. The molecule has 1 N–H and O–H groups in total. The third-order valence-corrected chi connectivity index (χ3v) is 3.56. The van der Waals surface area contributed by atoms with E-state index in [1.54, 1.807) is 19.4 Å². The van der Waals surface area contributed by atoms with Gasteiger partial charge in [0.2, 0.25) is 0 Å².